The van der Waals surface area contributed by atoms with Crippen molar-refractivity contribution >= 4 is 36.4 Å². The molecule has 1 aliphatic rings. The Morgan fingerprint density at radius 2 is 1.93 bits per heavy atom. The molecule has 0 aliphatic carbocycles. The highest BCUT2D eigenvalue weighted by atomic mass is 35.5. The van der Waals surface area contributed by atoms with Gasteiger partial charge in [0.05, 0.1) is 6.26 Å². The zero-order chi connectivity index (χ0) is 18.7. The zero-order valence-electron chi connectivity index (χ0n) is 16.7. The van der Waals surface area contributed by atoms with Crippen molar-refractivity contribution in [2.75, 3.05) is 11.4 Å². The van der Waals surface area contributed by atoms with Crippen LogP contribution in [0.25, 0.3) is 0 Å². The van der Waals surface area contributed by atoms with Crippen LogP contribution in [0, 0.1) is 0 Å². The van der Waals surface area contributed by atoms with Crippen molar-refractivity contribution in [3.63, 3.8) is 0 Å². The van der Waals surface area contributed by atoms with Gasteiger partial charge in [0, 0.05) is 35.9 Å². The topological polar surface area (TPSA) is 71.5 Å². The summed E-state index contributed by atoms with van der Waals surface area (Å²) in [5.41, 5.74) is 9.42. The molecule has 0 saturated carbocycles. The lowest BCUT2D eigenvalue weighted by atomic mass is 9.94. The van der Waals surface area contributed by atoms with Gasteiger partial charge in [-0.05, 0) is 43.9 Å². The summed E-state index contributed by atoms with van der Waals surface area (Å²) in [5, 5.41) is 2.95. The molecule has 28 heavy (non-hydrogen) atoms. The van der Waals surface area contributed by atoms with Crippen LogP contribution in [0.1, 0.15) is 55.3 Å². The number of anilines is 1. The van der Waals surface area contributed by atoms with Crippen molar-refractivity contribution in [2.24, 2.45) is 5.73 Å². The minimum Gasteiger partial charge on any atom is -0.459 e. The Hall–Kier alpha value is -1.69. The van der Waals surface area contributed by atoms with Gasteiger partial charge in [-0.15, -0.1) is 24.8 Å². The number of rotatable bonds is 7. The van der Waals surface area contributed by atoms with Crippen LogP contribution in [0.4, 0.5) is 5.69 Å². The molecule has 1 aromatic carbocycles. The first kappa shape index (κ1) is 24.3. The van der Waals surface area contributed by atoms with Crippen LogP contribution in [0.5, 0.6) is 0 Å². The summed E-state index contributed by atoms with van der Waals surface area (Å²) in [4.78, 5) is 15.0. The van der Waals surface area contributed by atoms with Crippen LogP contribution >= 0.6 is 24.8 Å². The lowest BCUT2D eigenvalue weighted by Gasteiger charge is -2.27. The van der Waals surface area contributed by atoms with Gasteiger partial charge >= 0.3 is 0 Å². The number of nitrogens with two attached hydrogens (primary N) is 1. The summed E-state index contributed by atoms with van der Waals surface area (Å²) < 4.78 is 5.51. The maximum absolute atomic E-state index is 12.6. The first-order valence-corrected chi connectivity index (χ1v) is 9.45. The Balaban J connectivity index is 0.00000196. The Morgan fingerprint density at radius 1 is 1.25 bits per heavy atom. The van der Waals surface area contributed by atoms with E-state index >= 15 is 0 Å². The Bertz CT molecular complexity index is 775. The van der Waals surface area contributed by atoms with E-state index < -0.39 is 0 Å². The first-order chi connectivity index (χ1) is 12.5. The van der Waals surface area contributed by atoms with E-state index in [2.05, 4.69) is 41.4 Å². The second-order valence-corrected chi connectivity index (χ2v) is 7.34. The van der Waals surface area contributed by atoms with E-state index in [9.17, 15) is 4.79 Å². The number of carbonyl (C=O) groups excluding carboxylic acids is 1. The molecule has 2 aromatic rings. The van der Waals surface area contributed by atoms with Gasteiger partial charge in [0.1, 0.15) is 0 Å². The van der Waals surface area contributed by atoms with E-state index in [-0.39, 0.29) is 36.3 Å². The van der Waals surface area contributed by atoms with E-state index in [1.807, 2.05) is 19.9 Å². The smallest absolute Gasteiger partial charge is 0.287 e. The van der Waals surface area contributed by atoms with Gasteiger partial charge in [0.25, 0.3) is 5.91 Å². The molecule has 0 saturated heterocycles. The number of nitrogens with zero attached hydrogens (tertiary/aromatic N) is 1. The summed E-state index contributed by atoms with van der Waals surface area (Å²) >= 11 is 0. The van der Waals surface area contributed by atoms with Gasteiger partial charge in [-0.3, -0.25) is 4.79 Å². The number of amides is 1. The normalized spacial score (nSPS) is 15.4. The molecule has 7 heteroatoms. The standard InChI is InChI=1S/C21H29N3O2.2ClH/c1-4-21(22,5-2)14-23-20(25)19-17(10-11-26-19)13-24-15(3)12-16-8-6-7-9-18(16)24;;/h6-11,15H,4-5,12-14,22H2,1-3H3,(H,23,25);2*1H. The van der Waals surface area contributed by atoms with E-state index in [0.717, 1.165) is 24.8 Å². The van der Waals surface area contributed by atoms with Crippen LogP contribution in [-0.4, -0.2) is 24.0 Å². The van der Waals surface area contributed by atoms with Crippen LogP contribution < -0.4 is 16.0 Å². The van der Waals surface area contributed by atoms with Crippen molar-refractivity contribution < 1.29 is 9.21 Å². The molecule has 1 aromatic heterocycles. The van der Waals surface area contributed by atoms with Crippen LogP contribution in [0.2, 0.25) is 0 Å². The number of hydrogen-bond acceptors (Lipinski definition) is 4. The van der Waals surface area contributed by atoms with Gasteiger partial charge in [-0.25, -0.2) is 0 Å². The third-order valence-electron chi connectivity index (χ3n) is 5.65. The second kappa shape index (κ2) is 10.2. The van der Waals surface area contributed by atoms with E-state index in [1.54, 1.807) is 6.26 Å². The molecule has 1 amide bonds. The molecule has 3 rings (SSSR count). The Labute approximate surface area is 179 Å². The fourth-order valence-electron chi connectivity index (χ4n) is 3.55. The summed E-state index contributed by atoms with van der Waals surface area (Å²) in [6, 6.07) is 10.7. The van der Waals surface area contributed by atoms with Crippen molar-refractivity contribution in [3.8, 4) is 0 Å². The second-order valence-electron chi connectivity index (χ2n) is 7.34. The number of fused-ring (bicyclic) bond motifs is 1. The third-order valence-corrected chi connectivity index (χ3v) is 5.65. The van der Waals surface area contributed by atoms with Crippen LogP contribution in [0.15, 0.2) is 41.0 Å². The molecular weight excluding hydrogens is 397 g/mol. The average molecular weight is 428 g/mol. The summed E-state index contributed by atoms with van der Waals surface area (Å²) in [5.74, 6) is 0.193. The molecule has 1 aliphatic heterocycles. The number of nitrogens with one attached hydrogen (secondary N) is 1. The average Bonchev–Trinajstić information content (AvgIpc) is 3.24. The highest BCUT2D eigenvalue weighted by Gasteiger charge is 2.28. The predicted octanol–water partition coefficient (Wildman–Crippen LogP) is 4.32. The maximum atomic E-state index is 12.6. The lowest BCUT2D eigenvalue weighted by molar-refractivity contribution is 0.0913. The Kier molecular flexibility index (Phi) is 8.86. The summed E-state index contributed by atoms with van der Waals surface area (Å²) in [6.45, 7) is 7.40. The predicted molar refractivity (Wildman–Crippen MR) is 119 cm³/mol. The van der Waals surface area contributed by atoms with Gasteiger partial charge in [0.15, 0.2) is 5.76 Å². The lowest BCUT2D eigenvalue weighted by Crippen LogP contribution is -2.49. The number of benzene rings is 1. The molecule has 0 bridgehead atoms. The minimum absolute atomic E-state index is 0. The molecular formula is C21H31Cl2N3O2. The molecule has 5 nitrogen and oxygen atoms in total. The molecule has 0 radical (unpaired) electrons. The van der Waals surface area contributed by atoms with Crippen LogP contribution in [0.3, 0.4) is 0 Å². The number of furan rings is 1. The third kappa shape index (κ3) is 5.02. The van der Waals surface area contributed by atoms with Crippen molar-refractivity contribution in [2.45, 2.75) is 58.2 Å². The SMILES string of the molecule is CCC(N)(CC)CNC(=O)c1occc1CN1c2ccccc2CC1C.Cl.Cl. The maximum Gasteiger partial charge on any atom is 0.287 e. The molecule has 156 valence electrons. The zero-order valence-corrected chi connectivity index (χ0v) is 18.4. The summed E-state index contributed by atoms with van der Waals surface area (Å²) in [6.07, 6.45) is 4.25. The monoisotopic (exact) mass is 427 g/mol. The van der Waals surface area contributed by atoms with Crippen LogP contribution in [-0.2, 0) is 13.0 Å². The fraction of sp³-hybridized carbons (Fsp3) is 0.476. The van der Waals surface area contributed by atoms with Crippen molar-refractivity contribution in [1.29, 1.82) is 0 Å². The first-order valence-electron chi connectivity index (χ1n) is 9.45. The number of carbonyl (C=O) groups is 1. The molecule has 0 spiro atoms. The molecule has 1 atom stereocenters. The van der Waals surface area contributed by atoms with E-state index in [4.69, 9.17) is 10.2 Å². The number of halogens is 2. The fourth-order valence-corrected chi connectivity index (χ4v) is 3.55. The number of para-hydroxylation sites is 1. The molecule has 1 unspecified atom stereocenters. The highest BCUT2D eigenvalue weighted by Crippen LogP contribution is 2.33. The highest BCUT2D eigenvalue weighted by molar-refractivity contribution is 5.93. The minimum atomic E-state index is -0.370. The molecule has 2 heterocycles. The Morgan fingerprint density at radius 3 is 2.61 bits per heavy atom. The summed E-state index contributed by atoms with van der Waals surface area (Å²) in [7, 11) is 0. The van der Waals surface area contributed by atoms with Gasteiger partial charge < -0.3 is 20.4 Å². The quantitative estimate of drug-likeness (QED) is 0.689. The van der Waals surface area contributed by atoms with E-state index in [1.165, 1.54) is 11.3 Å². The van der Waals surface area contributed by atoms with E-state index in [0.29, 0.717) is 24.9 Å². The van der Waals surface area contributed by atoms with Gasteiger partial charge in [-0.2, -0.15) is 0 Å². The largest absolute Gasteiger partial charge is 0.459 e. The molecule has 0 fully saturated rings. The molecule has 3 N–H and O–H groups in total. The van der Waals surface area contributed by atoms with Crippen molar-refractivity contribution in [1.82, 2.24) is 5.32 Å². The number of hydrogen-bond donors (Lipinski definition) is 2. The van der Waals surface area contributed by atoms with Crippen molar-refractivity contribution in [3.05, 3.63) is 53.5 Å². The van der Waals surface area contributed by atoms with Gasteiger partial charge in [-0.1, -0.05) is 32.0 Å². The van der Waals surface area contributed by atoms with Gasteiger partial charge in [0.2, 0.25) is 0 Å².